The third-order valence-electron chi connectivity index (χ3n) is 6.68. The topological polar surface area (TPSA) is 108 Å². The van der Waals surface area contributed by atoms with Gasteiger partial charge in [0.25, 0.3) is 0 Å². The van der Waals surface area contributed by atoms with Gasteiger partial charge in [0.2, 0.25) is 11.8 Å². The fourth-order valence-electron chi connectivity index (χ4n) is 4.76. The minimum absolute atomic E-state index is 0.0555. The Kier molecular flexibility index (Phi) is 13.2. The quantitative estimate of drug-likeness (QED) is 0.236. The average Bonchev–Trinajstić information content (AvgIpc) is 2.87. The van der Waals surface area contributed by atoms with Crippen LogP contribution < -0.4 is 10.6 Å². The van der Waals surface area contributed by atoms with Gasteiger partial charge in [-0.25, -0.2) is 4.79 Å². The van der Waals surface area contributed by atoms with Crippen LogP contribution in [0.25, 0.3) is 0 Å². The number of benzene rings is 2. The van der Waals surface area contributed by atoms with Crippen LogP contribution in [0.2, 0.25) is 0 Å². The maximum atomic E-state index is 14.5. The highest BCUT2D eigenvalue weighted by Crippen LogP contribution is 2.26. The van der Waals surface area contributed by atoms with Crippen LogP contribution in [-0.4, -0.2) is 52.1 Å². The van der Waals surface area contributed by atoms with E-state index >= 15 is 0 Å². The summed E-state index contributed by atoms with van der Waals surface area (Å²) in [5.41, 5.74) is 1.70. The third kappa shape index (κ3) is 11.5. The molecule has 0 heterocycles. The summed E-state index contributed by atoms with van der Waals surface area (Å²) in [6.45, 7) is 13.7. The molecule has 0 fully saturated rings. The highest BCUT2D eigenvalue weighted by Gasteiger charge is 2.36. The number of hydrogen-bond acceptors (Lipinski definition) is 5. The van der Waals surface area contributed by atoms with Crippen molar-refractivity contribution in [3.8, 4) is 5.75 Å². The minimum Gasteiger partial charge on any atom is -0.508 e. The minimum atomic E-state index is -0.996. The van der Waals surface area contributed by atoms with Gasteiger partial charge in [0.15, 0.2) is 0 Å². The smallest absolute Gasteiger partial charge is 0.408 e. The Morgan fingerprint density at radius 1 is 0.976 bits per heavy atom. The van der Waals surface area contributed by atoms with Crippen molar-refractivity contribution in [3.05, 3.63) is 65.2 Å². The summed E-state index contributed by atoms with van der Waals surface area (Å²) in [6, 6.07) is 12.2. The zero-order valence-corrected chi connectivity index (χ0v) is 25.8. The lowest BCUT2D eigenvalue weighted by Gasteiger charge is -2.35. The number of nitrogens with zero attached hydrogens (tertiary/aromatic N) is 1. The normalized spacial score (nSPS) is 13.5. The van der Waals surface area contributed by atoms with Gasteiger partial charge in [-0.15, -0.1) is 0 Å². The van der Waals surface area contributed by atoms with E-state index in [1.165, 1.54) is 0 Å². The summed E-state index contributed by atoms with van der Waals surface area (Å²) < 4.78 is 5.50. The molecule has 0 saturated heterocycles. The maximum Gasteiger partial charge on any atom is 0.408 e. The van der Waals surface area contributed by atoms with Crippen molar-refractivity contribution >= 4 is 17.9 Å². The third-order valence-corrected chi connectivity index (χ3v) is 6.68. The first-order valence-corrected chi connectivity index (χ1v) is 14.8. The van der Waals surface area contributed by atoms with Crippen molar-refractivity contribution in [2.75, 3.05) is 6.54 Å². The van der Waals surface area contributed by atoms with E-state index in [9.17, 15) is 19.5 Å². The number of alkyl carbamates (subject to hydrolysis) is 1. The van der Waals surface area contributed by atoms with Gasteiger partial charge in [-0.3, -0.25) is 9.59 Å². The predicted molar refractivity (Wildman–Crippen MR) is 163 cm³/mol. The molecule has 41 heavy (non-hydrogen) atoms. The van der Waals surface area contributed by atoms with Crippen LogP contribution in [0, 0.1) is 6.92 Å². The molecule has 0 aromatic heterocycles. The van der Waals surface area contributed by atoms with Crippen LogP contribution in [0.3, 0.4) is 0 Å². The molecule has 2 rings (SSSR count). The van der Waals surface area contributed by atoms with Crippen LogP contribution in [0.5, 0.6) is 5.75 Å². The number of aromatic hydroxyl groups is 1. The van der Waals surface area contributed by atoms with Crippen LogP contribution >= 0.6 is 0 Å². The SMILES string of the molecule is CCCCCN(C(=O)C(Cc1ccc(O)cc1)NC(=O)OC(C)(C)C)C(C(=O)NC(C)CCC)c1cccc(C)c1. The highest BCUT2D eigenvalue weighted by atomic mass is 16.6. The predicted octanol–water partition coefficient (Wildman–Crippen LogP) is 6.20. The number of carbonyl (C=O) groups is 3. The second-order valence-corrected chi connectivity index (χ2v) is 11.8. The van der Waals surface area contributed by atoms with E-state index in [0.717, 1.165) is 42.4 Å². The molecule has 3 N–H and O–H groups in total. The molecular weight excluding hydrogens is 518 g/mol. The molecule has 226 valence electrons. The van der Waals surface area contributed by atoms with Crippen LogP contribution in [0.1, 0.15) is 96.4 Å². The molecule has 0 radical (unpaired) electrons. The second-order valence-electron chi connectivity index (χ2n) is 11.8. The van der Waals surface area contributed by atoms with Crippen LogP contribution in [-0.2, 0) is 20.7 Å². The summed E-state index contributed by atoms with van der Waals surface area (Å²) in [7, 11) is 0. The maximum absolute atomic E-state index is 14.5. The number of aryl methyl sites for hydroxylation is 1. The van der Waals surface area contributed by atoms with Crippen LogP contribution in [0.4, 0.5) is 4.79 Å². The fraction of sp³-hybridized carbons (Fsp3) is 0.545. The van der Waals surface area contributed by atoms with Crippen molar-refractivity contribution in [1.29, 1.82) is 0 Å². The molecule has 0 spiro atoms. The van der Waals surface area contributed by atoms with E-state index in [1.807, 2.05) is 38.1 Å². The van der Waals surface area contributed by atoms with Crippen molar-refractivity contribution in [2.45, 2.75) is 111 Å². The van der Waals surface area contributed by atoms with E-state index in [1.54, 1.807) is 49.9 Å². The van der Waals surface area contributed by atoms with Gasteiger partial charge in [-0.2, -0.15) is 0 Å². The lowest BCUT2D eigenvalue weighted by molar-refractivity contribution is -0.142. The number of rotatable bonds is 14. The van der Waals surface area contributed by atoms with E-state index in [-0.39, 0.29) is 30.0 Å². The van der Waals surface area contributed by atoms with E-state index in [0.29, 0.717) is 13.0 Å². The van der Waals surface area contributed by atoms with Gasteiger partial charge in [0, 0.05) is 19.0 Å². The summed E-state index contributed by atoms with van der Waals surface area (Å²) in [4.78, 5) is 42.9. The number of hydrogen-bond donors (Lipinski definition) is 3. The molecule has 0 aliphatic rings. The Balaban J connectivity index is 2.56. The van der Waals surface area contributed by atoms with Crippen molar-refractivity contribution in [3.63, 3.8) is 0 Å². The highest BCUT2D eigenvalue weighted by molar-refractivity contribution is 5.92. The fourth-order valence-corrected chi connectivity index (χ4v) is 4.76. The Hall–Kier alpha value is -3.55. The summed E-state index contributed by atoms with van der Waals surface area (Å²) in [6.07, 6.45) is 3.74. The summed E-state index contributed by atoms with van der Waals surface area (Å²) in [5, 5.41) is 15.7. The Labute approximate surface area is 245 Å². The van der Waals surface area contributed by atoms with Crippen molar-refractivity contribution in [1.82, 2.24) is 15.5 Å². The van der Waals surface area contributed by atoms with E-state index in [2.05, 4.69) is 24.5 Å². The van der Waals surface area contributed by atoms with Crippen LogP contribution in [0.15, 0.2) is 48.5 Å². The number of amides is 3. The zero-order valence-electron chi connectivity index (χ0n) is 25.8. The number of phenolic OH excluding ortho intramolecular Hbond substituents is 1. The molecule has 0 aliphatic carbocycles. The van der Waals surface area contributed by atoms with Crippen molar-refractivity contribution < 1.29 is 24.2 Å². The van der Waals surface area contributed by atoms with Crippen molar-refractivity contribution in [2.24, 2.45) is 0 Å². The molecule has 3 amide bonds. The van der Waals surface area contributed by atoms with Gasteiger partial charge in [-0.05, 0) is 70.7 Å². The molecule has 2 aromatic rings. The first-order chi connectivity index (χ1) is 19.3. The molecule has 8 nitrogen and oxygen atoms in total. The lowest BCUT2D eigenvalue weighted by Crippen LogP contribution is -2.54. The largest absolute Gasteiger partial charge is 0.508 e. The molecule has 2 aromatic carbocycles. The lowest BCUT2D eigenvalue weighted by atomic mass is 9.98. The number of phenols is 1. The van der Waals surface area contributed by atoms with Gasteiger partial charge in [0.05, 0.1) is 0 Å². The zero-order chi connectivity index (χ0) is 30.6. The average molecular weight is 568 g/mol. The van der Waals surface area contributed by atoms with Gasteiger partial charge < -0.3 is 25.4 Å². The number of unbranched alkanes of at least 4 members (excludes halogenated alkanes) is 2. The first kappa shape index (κ1) is 33.7. The molecule has 3 atom stereocenters. The number of ether oxygens (including phenoxy) is 1. The Morgan fingerprint density at radius 2 is 1.66 bits per heavy atom. The second kappa shape index (κ2) is 16.0. The molecule has 0 saturated carbocycles. The van der Waals surface area contributed by atoms with E-state index in [4.69, 9.17) is 4.74 Å². The van der Waals surface area contributed by atoms with E-state index < -0.39 is 23.8 Å². The summed E-state index contributed by atoms with van der Waals surface area (Å²) >= 11 is 0. The molecule has 0 bridgehead atoms. The van der Waals surface area contributed by atoms with Gasteiger partial charge >= 0.3 is 6.09 Å². The standard InChI is InChI=1S/C33H49N3O5/c1-8-10-11-20-36(29(26-15-12-14-23(3)21-26)30(38)34-24(4)13-9-2)31(39)28(35-32(40)41-33(5,6)7)22-25-16-18-27(37)19-17-25/h12,14-19,21,24,28-29,37H,8-11,13,20,22H2,1-7H3,(H,34,38)(H,35,40). The molecule has 3 unspecified atom stereocenters. The molecule has 8 heteroatoms. The monoisotopic (exact) mass is 567 g/mol. The number of carbonyl (C=O) groups excluding carboxylic acids is 3. The molecular formula is C33H49N3O5. The summed E-state index contributed by atoms with van der Waals surface area (Å²) in [5.74, 6) is -0.512. The Bertz CT molecular complexity index is 1130. The molecule has 0 aliphatic heterocycles. The first-order valence-electron chi connectivity index (χ1n) is 14.8. The number of nitrogens with one attached hydrogen (secondary N) is 2. The Morgan fingerprint density at radius 3 is 2.24 bits per heavy atom. The van der Waals surface area contributed by atoms with Gasteiger partial charge in [0.1, 0.15) is 23.4 Å². The van der Waals surface area contributed by atoms with Gasteiger partial charge in [-0.1, -0.05) is 75.1 Å².